The summed E-state index contributed by atoms with van der Waals surface area (Å²) in [7, 11) is 3.28. The van der Waals surface area contributed by atoms with Crippen LogP contribution in [0.5, 0.6) is 0 Å². The number of methoxy groups -OCH3 is 2. The summed E-state index contributed by atoms with van der Waals surface area (Å²) in [6, 6.07) is 0. The molecule has 1 saturated heterocycles. The third-order valence-electron chi connectivity index (χ3n) is 3.80. The van der Waals surface area contributed by atoms with E-state index >= 15 is 0 Å². The number of hydrogen-bond acceptors (Lipinski definition) is 4. The largest absolute Gasteiger partial charge is 0.377 e. The fourth-order valence-electron chi connectivity index (χ4n) is 2.23. The Morgan fingerprint density at radius 1 is 1.24 bits per heavy atom. The number of ether oxygens (including phenoxy) is 2. The molecule has 2 unspecified atom stereocenters. The Balaban J connectivity index is 2.72. The number of likely N-dealkylation sites (tertiary alicyclic amines) is 1. The summed E-state index contributed by atoms with van der Waals surface area (Å²) in [5.41, 5.74) is 5.37. The number of nitrogens with zero attached hydrogens (tertiary/aromatic N) is 1. The first-order valence-corrected chi connectivity index (χ1v) is 6.16. The van der Waals surface area contributed by atoms with Crippen molar-refractivity contribution in [1.29, 1.82) is 0 Å². The Labute approximate surface area is 103 Å². The second kappa shape index (κ2) is 5.80. The Morgan fingerprint density at radius 2 is 1.65 bits per heavy atom. The third-order valence-corrected chi connectivity index (χ3v) is 3.80. The minimum atomic E-state index is -0.749. The molecule has 1 aliphatic heterocycles. The van der Waals surface area contributed by atoms with E-state index in [4.69, 9.17) is 15.2 Å². The molecule has 0 aliphatic carbocycles. The zero-order chi connectivity index (χ0) is 13.1. The van der Waals surface area contributed by atoms with E-state index in [1.807, 2.05) is 13.8 Å². The van der Waals surface area contributed by atoms with Gasteiger partial charge in [-0.25, -0.2) is 0 Å². The monoisotopic (exact) mass is 244 g/mol. The van der Waals surface area contributed by atoms with E-state index in [9.17, 15) is 4.79 Å². The highest BCUT2D eigenvalue weighted by Gasteiger charge is 2.41. The average Bonchev–Trinajstić information content (AvgIpc) is 2.79. The SMILES string of the molecule is CCC(N)(CC)C(=O)N1CC(OC)C(OC)C1. The minimum absolute atomic E-state index is 0.00380. The summed E-state index contributed by atoms with van der Waals surface area (Å²) >= 11 is 0. The molecule has 0 aromatic heterocycles. The Bertz CT molecular complexity index is 254. The van der Waals surface area contributed by atoms with Gasteiger partial charge in [0.05, 0.1) is 5.54 Å². The molecule has 17 heavy (non-hydrogen) atoms. The molecule has 0 spiro atoms. The third kappa shape index (κ3) is 2.78. The maximum Gasteiger partial charge on any atom is 0.242 e. The van der Waals surface area contributed by atoms with Crippen molar-refractivity contribution in [3.63, 3.8) is 0 Å². The van der Waals surface area contributed by atoms with Crippen molar-refractivity contribution < 1.29 is 14.3 Å². The molecule has 5 nitrogen and oxygen atoms in total. The van der Waals surface area contributed by atoms with Gasteiger partial charge in [0.15, 0.2) is 0 Å². The molecule has 1 amide bonds. The number of carbonyl (C=O) groups is 1. The number of rotatable bonds is 5. The number of amides is 1. The zero-order valence-corrected chi connectivity index (χ0v) is 11.2. The standard InChI is InChI=1S/C12H24N2O3/c1-5-12(13,6-2)11(15)14-7-9(16-3)10(8-14)17-4/h9-10H,5-8,13H2,1-4H3. The van der Waals surface area contributed by atoms with Crippen molar-refractivity contribution in [1.82, 2.24) is 4.90 Å². The summed E-state index contributed by atoms with van der Waals surface area (Å²) in [5, 5.41) is 0. The van der Waals surface area contributed by atoms with E-state index in [0.29, 0.717) is 25.9 Å². The normalized spacial score (nSPS) is 25.4. The van der Waals surface area contributed by atoms with Gasteiger partial charge >= 0.3 is 0 Å². The Morgan fingerprint density at radius 3 is 1.94 bits per heavy atom. The quantitative estimate of drug-likeness (QED) is 0.759. The van der Waals surface area contributed by atoms with Crippen molar-refractivity contribution >= 4 is 5.91 Å². The average molecular weight is 244 g/mol. The molecule has 100 valence electrons. The highest BCUT2D eigenvalue weighted by atomic mass is 16.5. The summed E-state index contributed by atoms with van der Waals surface area (Å²) in [4.78, 5) is 14.1. The lowest BCUT2D eigenvalue weighted by Gasteiger charge is -2.30. The van der Waals surface area contributed by atoms with Crippen LogP contribution in [-0.2, 0) is 14.3 Å². The number of nitrogens with two attached hydrogens (primary N) is 1. The van der Waals surface area contributed by atoms with Gasteiger partial charge in [-0.1, -0.05) is 13.8 Å². The van der Waals surface area contributed by atoms with Gasteiger partial charge in [0.2, 0.25) is 5.91 Å². The molecule has 2 N–H and O–H groups in total. The van der Waals surface area contributed by atoms with Crippen molar-refractivity contribution in [2.45, 2.75) is 44.4 Å². The second-order valence-electron chi connectivity index (χ2n) is 4.62. The lowest BCUT2D eigenvalue weighted by molar-refractivity contribution is -0.136. The van der Waals surface area contributed by atoms with Crippen LogP contribution in [0.2, 0.25) is 0 Å². The van der Waals surface area contributed by atoms with Crippen LogP contribution >= 0.6 is 0 Å². The summed E-state index contributed by atoms with van der Waals surface area (Å²) in [6.45, 7) is 5.01. The molecule has 1 fully saturated rings. The van der Waals surface area contributed by atoms with Crippen LogP contribution in [0.4, 0.5) is 0 Å². The van der Waals surface area contributed by atoms with E-state index in [2.05, 4.69) is 0 Å². The van der Waals surface area contributed by atoms with E-state index in [0.717, 1.165) is 0 Å². The molecular weight excluding hydrogens is 220 g/mol. The fourth-order valence-corrected chi connectivity index (χ4v) is 2.23. The number of hydrogen-bond donors (Lipinski definition) is 1. The topological polar surface area (TPSA) is 64.8 Å². The van der Waals surface area contributed by atoms with E-state index in [1.54, 1.807) is 19.1 Å². The van der Waals surface area contributed by atoms with Crippen LogP contribution < -0.4 is 5.73 Å². The van der Waals surface area contributed by atoms with Crippen LogP contribution in [0.15, 0.2) is 0 Å². The van der Waals surface area contributed by atoms with Crippen molar-refractivity contribution in [3.05, 3.63) is 0 Å². The molecule has 1 rings (SSSR count). The predicted molar refractivity (Wildman–Crippen MR) is 65.7 cm³/mol. The van der Waals surface area contributed by atoms with E-state index in [1.165, 1.54) is 0 Å². The first-order valence-electron chi connectivity index (χ1n) is 6.16. The molecule has 1 aliphatic rings. The zero-order valence-electron chi connectivity index (χ0n) is 11.2. The molecule has 0 aromatic carbocycles. The lowest BCUT2D eigenvalue weighted by Crippen LogP contribution is -2.54. The molecule has 0 radical (unpaired) electrons. The van der Waals surface area contributed by atoms with Gasteiger partial charge in [0.25, 0.3) is 0 Å². The van der Waals surface area contributed by atoms with Crippen LogP contribution in [0.25, 0.3) is 0 Å². The molecule has 2 atom stereocenters. The van der Waals surface area contributed by atoms with Gasteiger partial charge in [-0.15, -0.1) is 0 Å². The first kappa shape index (κ1) is 14.4. The van der Waals surface area contributed by atoms with Crippen LogP contribution in [0.3, 0.4) is 0 Å². The van der Waals surface area contributed by atoms with Gasteiger partial charge in [0.1, 0.15) is 12.2 Å². The maximum atomic E-state index is 12.3. The summed E-state index contributed by atoms with van der Waals surface area (Å²) in [6.07, 6.45) is 1.19. The van der Waals surface area contributed by atoms with Crippen molar-refractivity contribution in [2.24, 2.45) is 5.73 Å². The van der Waals surface area contributed by atoms with Gasteiger partial charge in [0, 0.05) is 27.3 Å². The van der Waals surface area contributed by atoms with E-state index in [-0.39, 0.29) is 18.1 Å². The van der Waals surface area contributed by atoms with E-state index < -0.39 is 5.54 Å². The maximum absolute atomic E-state index is 12.3. The van der Waals surface area contributed by atoms with Gasteiger partial charge in [-0.2, -0.15) is 0 Å². The van der Waals surface area contributed by atoms with Gasteiger partial charge in [-0.3, -0.25) is 4.79 Å². The van der Waals surface area contributed by atoms with Crippen molar-refractivity contribution in [2.75, 3.05) is 27.3 Å². The molecule has 0 aromatic rings. The van der Waals surface area contributed by atoms with Crippen LogP contribution in [-0.4, -0.2) is 55.9 Å². The highest BCUT2D eigenvalue weighted by Crippen LogP contribution is 2.22. The number of carbonyl (C=O) groups excluding carboxylic acids is 1. The lowest BCUT2D eigenvalue weighted by atomic mass is 9.92. The second-order valence-corrected chi connectivity index (χ2v) is 4.62. The van der Waals surface area contributed by atoms with Crippen LogP contribution in [0.1, 0.15) is 26.7 Å². The van der Waals surface area contributed by atoms with Gasteiger partial charge in [-0.05, 0) is 12.8 Å². The first-order chi connectivity index (χ1) is 8.02. The molecule has 1 heterocycles. The minimum Gasteiger partial charge on any atom is -0.377 e. The Hall–Kier alpha value is -0.650. The summed E-state index contributed by atoms with van der Waals surface area (Å²) in [5.74, 6) is 0.00380. The fraction of sp³-hybridized carbons (Fsp3) is 0.917. The molecule has 0 saturated carbocycles. The molecular formula is C12H24N2O3. The summed E-state index contributed by atoms with van der Waals surface area (Å²) < 4.78 is 10.6. The molecule has 0 bridgehead atoms. The Kier molecular flexibility index (Phi) is 4.91. The van der Waals surface area contributed by atoms with Crippen LogP contribution in [0, 0.1) is 0 Å². The molecule has 5 heteroatoms. The smallest absolute Gasteiger partial charge is 0.242 e. The predicted octanol–water partition coefficient (Wildman–Crippen LogP) is 0.376. The highest BCUT2D eigenvalue weighted by molar-refractivity contribution is 5.86. The van der Waals surface area contributed by atoms with Crippen molar-refractivity contribution in [3.8, 4) is 0 Å². The van der Waals surface area contributed by atoms with Gasteiger partial charge < -0.3 is 20.1 Å².